The van der Waals surface area contributed by atoms with Gasteiger partial charge >= 0.3 is 0 Å². The zero-order chi connectivity index (χ0) is 17.1. The number of likely N-dealkylation sites (N-methyl/N-ethyl adjacent to an activating group) is 1. The van der Waals surface area contributed by atoms with Gasteiger partial charge in [-0.1, -0.05) is 42.5 Å². The SMILES string of the molecule is C[C@H](C(=O)N1CC(=O)Nc2ccccc21)[NH+](C)Cc1ccccc1. The first-order valence-corrected chi connectivity index (χ1v) is 8.13. The third-order valence-corrected chi connectivity index (χ3v) is 4.47. The molecule has 5 heteroatoms. The smallest absolute Gasteiger partial charge is 0.285 e. The van der Waals surface area contributed by atoms with Crippen LogP contribution in [0.4, 0.5) is 11.4 Å². The topological polar surface area (TPSA) is 53.9 Å². The quantitative estimate of drug-likeness (QED) is 0.884. The van der Waals surface area contributed by atoms with Gasteiger partial charge in [0.2, 0.25) is 5.91 Å². The van der Waals surface area contributed by atoms with E-state index in [1.807, 2.05) is 56.4 Å². The molecule has 1 aliphatic rings. The van der Waals surface area contributed by atoms with Gasteiger partial charge in [0, 0.05) is 5.56 Å². The fraction of sp³-hybridized carbons (Fsp3) is 0.263. The molecule has 3 rings (SSSR count). The molecule has 0 aromatic heterocycles. The molecule has 124 valence electrons. The molecular weight excluding hydrogens is 302 g/mol. The number of carbonyl (C=O) groups is 2. The molecule has 0 fully saturated rings. The number of quaternary nitrogens is 1. The third kappa shape index (κ3) is 3.31. The van der Waals surface area contributed by atoms with Crippen LogP contribution in [0.2, 0.25) is 0 Å². The summed E-state index contributed by atoms with van der Waals surface area (Å²) >= 11 is 0. The van der Waals surface area contributed by atoms with Crippen LogP contribution >= 0.6 is 0 Å². The van der Waals surface area contributed by atoms with Crippen LogP contribution in [-0.2, 0) is 16.1 Å². The van der Waals surface area contributed by atoms with Gasteiger partial charge in [-0.15, -0.1) is 0 Å². The van der Waals surface area contributed by atoms with Crippen LogP contribution < -0.4 is 15.1 Å². The van der Waals surface area contributed by atoms with Crippen molar-refractivity contribution in [3.63, 3.8) is 0 Å². The summed E-state index contributed by atoms with van der Waals surface area (Å²) in [5, 5.41) is 2.81. The standard InChI is InChI=1S/C19H21N3O2/c1-14(21(2)12-15-8-4-3-5-9-15)19(24)22-13-18(23)20-16-10-6-7-11-17(16)22/h3-11,14H,12-13H2,1-2H3,(H,20,23)/p+1/t14-/m1/s1. The molecule has 0 aliphatic carbocycles. The molecule has 5 nitrogen and oxygen atoms in total. The van der Waals surface area contributed by atoms with E-state index in [0.717, 1.165) is 17.1 Å². The molecule has 2 amide bonds. The predicted octanol–water partition coefficient (Wildman–Crippen LogP) is 1.08. The van der Waals surface area contributed by atoms with E-state index in [1.165, 1.54) is 5.56 Å². The summed E-state index contributed by atoms with van der Waals surface area (Å²) in [5.74, 6) is -0.194. The number of rotatable bonds is 4. The molecular formula is C19H22N3O2+. The van der Waals surface area contributed by atoms with E-state index >= 15 is 0 Å². The van der Waals surface area contributed by atoms with Gasteiger partial charge in [0.25, 0.3) is 5.91 Å². The van der Waals surface area contributed by atoms with Crippen molar-refractivity contribution in [2.75, 3.05) is 23.8 Å². The molecule has 0 bridgehead atoms. The molecule has 1 heterocycles. The summed E-state index contributed by atoms with van der Waals surface area (Å²) < 4.78 is 0. The Morgan fingerprint density at radius 2 is 1.83 bits per heavy atom. The number of carbonyl (C=O) groups excluding carboxylic acids is 2. The van der Waals surface area contributed by atoms with Crippen LogP contribution in [0.15, 0.2) is 54.6 Å². The molecule has 2 atom stereocenters. The van der Waals surface area contributed by atoms with E-state index in [-0.39, 0.29) is 24.4 Å². The van der Waals surface area contributed by atoms with Crippen molar-refractivity contribution >= 4 is 23.2 Å². The third-order valence-electron chi connectivity index (χ3n) is 4.47. The lowest BCUT2D eigenvalue weighted by Gasteiger charge is -2.32. The lowest BCUT2D eigenvalue weighted by Crippen LogP contribution is -3.12. The molecule has 0 spiro atoms. The minimum absolute atomic E-state index is 0.0364. The Balaban J connectivity index is 1.77. The highest BCUT2D eigenvalue weighted by molar-refractivity contribution is 6.10. The zero-order valence-corrected chi connectivity index (χ0v) is 14.0. The Bertz CT molecular complexity index is 745. The Morgan fingerprint density at radius 1 is 1.17 bits per heavy atom. The van der Waals surface area contributed by atoms with Crippen molar-refractivity contribution in [2.24, 2.45) is 0 Å². The van der Waals surface area contributed by atoms with Gasteiger partial charge < -0.3 is 10.2 Å². The molecule has 1 unspecified atom stereocenters. The highest BCUT2D eigenvalue weighted by Gasteiger charge is 2.33. The first kappa shape index (κ1) is 16.2. The largest absolute Gasteiger partial charge is 0.324 e. The fourth-order valence-corrected chi connectivity index (χ4v) is 2.95. The number of hydrogen-bond acceptors (Lipinski definition) is 2. The van der Waals surface area contributed by atoms with E-state index in [1.54, 1.807) is 4.90 Å². The molecule has 24 heavy (non-hydrogen) atoms. The van der Waals surface area contributed by atoms with E-state index in [4.69, 9.17) is 0 Å². The van der Waals surface area contributed by atoms with Crippen LogP contribution in [0.1, 0.15) is 12.5 Å². The second-order valence-electron chi connectivity index (χ2n) is 6.22. The molecule has 1 aliphatic heterocycles. The fourth-order valence-electron chi connectivity index (χ4n) is 2.95. The maximum absolute atomic E-state index is 13.0. The van der Waals surface area contributed by atoms with Crippen molar-refractivity contribution < 1.29 is 14.5 Å². The zero-order valence-electron chi connectivity index (χ0n) is 14.0. The van der Waals surface area contributed by atoms with Crippen LogP contribution in [0.5, 0.6) is 0 Å². The van der Waals surface area contributed by atoms with Crippen molar-refractivity contribution in [1.29, 1.82) is 0 Å². The van der Waals surface area contributed by atoms with E-state index in [2.05, 4.69) is 17.4 Å². The summed E-state index contributed by atoms with van der Waals surface area (Å²) in [6.07, 6.45) is 0. The highest BCUT2D eigenvalue weighted by Crippen LogP contribution is 2.29. The maximum atomic E-state index is 13.0. The number of anilines is 2. The Hall–Kier alpha value is -2.66. The van der Waals surface area contributed by atoms with Crippen molar-refractivity contribution in [3.8, 4) is 0 Å². The normalized spacial score (nSPS) is 16.1. The van der Waals surface area contributed by atoms with E-state index in [0.29, 0.717) is 5.69 Å². The molecule has 0 saturated carbocycles. The number of para-hydroxylation sites is 2. The van der Waals surface area contributed by atoms with Crippen LogP contribution in [0.25, 0.3) is 0 Å². The maximum Gasteiger partial charge on any atom is 0.285 e. The summed E-state index contributed by atoms with van der Waals surface area (Å²) in [7, 11) is 2.01. The van der Waals surface area contributed by atoms with E-state index in [9.17, 15) is 9.59 Å². The Labute approximate surface area is 141 Å². The molecule has 2 aromatic rings. The molecule has 2 N–H and O–H groups in total. The summed E-state index contributed by atoms with van der Waals surface area (Å²) in [5.41, 5.74) is 2.64. The van der Waals surface area contributed by atoms with Crippen LogP contribution in [0.3, 0.4) is 0 Å². The number of fused-ring (bicyclic) bond motifs is 1. The van der Waals surface area contributed by atoms with Crippen LogP contribution in [0, 0.1) is 0 Å². The van der Waals surface area contributed by atoms with Gasteiger partial charge in [0.05, 0.1) is 18.4 Å². The Morgan fingerprint density at radius 3 is 2.58 bits per heavy atom. The van der Waals surface area contributed by atoms with Gasteiger partial charge in [-0.05, 0) is 19.1 Å². The first-order valence-electron chi connectivity index (χ1n) is 8.13. The van der Waals surface area contributed by atoms with Gasteiger partial charge in [-0.3, -0.25) is 14.5 Å². The lowest BCUT2D eigenvalue weighted by molar-refractivity contribution is -0.908. The monoisotopic (exact) mass is 324 g/mol. The molecule has 0 saturated heterocycles. The summed E-state index contributed by atoms with van der Waals surface area (Å²) in [4.78, 5) is 27.6. The second kappa shape index (κ2) is 6.84. The summed E-state index contributed by atoms with van der Waals surface area (Å²) in [6.45, 7) is 2.74. The van der Waals surface area contributed by atoms with Crippen molar-refractivity contribution in [1.82, 2.24) is 0 Å². The Kier molecular flexibility index (Phi) is 4.62. The number of amides is 2. The van der Waals surface area contributed by atoms with Gasteiger partial charge in [0.1, 0.15) is 13.1 Å². The molecule has 0 radical (unpaired) electrons. The number of benzene rings is 2. The second-order valence-corrected chi connectivity index (χ2v) is 6.22. The summed E-state index contributed by atoms with van der Waals surface area (Å²) in [6, 6.07) is 17.3. The predicted molar refractivity (Wildman–Crippen MR) is 93.9 cm³/mol. The first-order chi connectivity index (χ1) is 11.6. The number of nitrogens with zero attached hydrogens (tertiary/aromatic N) is 1. The highest BCUT2D eigenvalue weighted by atomic mass is 16.2. The van der Waals surface area contributed by atoms with Gasteiger partial charge in [0.15, 0.2) is 6.04 Å². The average Bonchev–Trinajstić information content (AvgIpc) is 2.60. The number of hydrogen-bond donors (Lipinski definition) is 2. The minimum atomic E-state index is -0.246. The van der Waals surface area contributed by atoms with E-state index < -0.39 is 0 Å². The lowest BCUT2D eigenvalue weighted by atomic mass is 10.1. The van der Waals surface area contributed by atoms with Gasteiger partial charge in [-0.2, -0.15) is 0 Å². The van der Waals surface area contributed by atoms with Crippen LogP contribution in [-0.4, -0.2) is 31.4 Å². The number of nitrogens with one attached hydrogen (secondary N) is 2. The molecule has 2 aromatic carbocycles. The average molecular weight is 324 g/mol. The van der Waals surface area contributed by atoms with Crippen molar-refractivity contribution in [3.05, 3.63) is 60.2 Å². The van der Waals surface area contributed by atoms with Crippen molar-refractivity contribution in [2.45, 2.75) is 19.5 Å². The minimum Gasteiger partial charge on any atom is -0.324 e. The van der Waals surface area contributed by atoms with Gasteiger partial charge in [-0.25, -0.2) is 0 Å².